The summed E-state index contributed by atoms with van der Waals surface area (Å²) in [6, 6.07) is 0.281. The second-order valence-electron chi connectivity index (χ2n) is 8.53. The normalized spacial score (nSPS) is 47.3. The molecule has 0 aromatic heterocycles. The molecule has 0 radical (unpaired) electrons. The van der Waals surface area contributed by atoms with Crippen molar-refractivity contribution in [2.45, 2.75) is 76.6 Å². The van der Waals surface area contributed by atoms with Crippen LogP contribution < -0.4 is 5.32 Å². The largest absolute Gasteiger partial charge is 0.465 e. The fraction of sp³-hybridized carbons (Fsp3) is 0.905. The van der Waals surface area contributed by atoms with E-state index >= 15 is 0 Å². The van der Waals surface area contributed by atoms with Gasteiger partial charge in [-0.15, -0.1) is 0 Å². The van der Waals surface area contributed by atoms with Crippen LogP contribution in [0.3, 0.4) is 0 Å². The van der Waals surface area contributed by atoms with Crippen LogP contribution in [0.25, 0.3) is 0 Å². The molecular weight excluding hydrogens is 342 g/mol. The van der Waals surface area contributed by atoms with Gasteiger partial charge in [0.15, 0.2) is 0 Å². The Labute approximate surface area is 175 Å². The topological polar surface area (TPSA) is 72.9 Å². The summed E-state index contributed by atoms with van der Waals surface area (Å²) >= 11 is 0. The molecule has 0 aromatic carbocycles. The van der Waals surface area contributed by atoms with Crippen molar-refractivity contribution in [3.05, 3.63) is 0 Å². The standard InChI is InChI=1S/C21H35N3O3/c1-3-16-17(13-21(16)9-12-24(14-21)19(26)27)23-10-5-15(6-11-23)18(25)22-20(2)7-4-8-20/h15-17H,3-14H2,1-2H3,(H,22,25)(H,26,27)/t16?,17?,21-/m0/s1/i2D3,4D2,7D2,8D2. The van der Waals surface area contributed by atoms with Crippen molar-refractivity contribution in [3.8, 4) is 0 Å². The molecule has 27 heavy (non-hydrogen) atoms. The summed E-state index contributed by atoms with van der Waals surface area (Å²) in [4.78, 5) is 28.3. The van der Waals surface area contributed by atoms with Crippen molar-refractivity contribution in [3.63, 3.8) is 0 Å². The van der Waals surface area contributed by atoms with Crippen LogP contribution in [0.4, 0.5) is 4.79 Å². The van der Waals surface area contributed by atoms with Gasteiger partial charge in [0.2, 0.25) is 5.91 Å². The predicted molar refractivity (Wildman–Crippen MR) is 104 cm³/mol. The van der Waals surface area contributed by atoms with Gasteiger partial charge in [-0.05, 0) is 76.1 Å². The summed E-state index contributed by atoms with van der Waals surface area (Å²) in [6.07, 6.45) is -6.80. The third kappa shape index (κ3) is 3.34. The van der Waals surface area contributed by atoms with E-state index in [1.807, 2.05) is 0 Å². The second kappa shape index (κ2) is 6.94. The van der Waals surface area contributed by atoms with Crippen molar-refractivity contribution in [2.75, 3.05) is 26.2 Å². The van der Waals surface area contributed by atoms with Crippen LogP contribution in [0.2, 0.25) is 0 Å². The highest BCUT2D eigenvalue weighted by molar-refractivity contribution is 5.79. The number of likely N-dealkylation sites (tertiary alicyclic amines) is 2. The lowest BCUT2D eigenvalue weighted by Gasteiger charge is -2.58. The fourth-order valence-corrected chi connectivity index (χ4v) is 5.60. The van der Waals surface area contributed by atoms with E-state index in [1.165, 1.54) is 4.90 Å². The van der Waals surface area contributed by atoms with Crippen LogP contribution in [-0.2, 0) is 4.79 Å². The number of piperidine rings is 1. The van der Waals surface area contributed by atoms with E-state index in [9.17, 15) is 14.7 Å². The van der Waals surface area contributed by atoms with E-state index in [0.29, 0.717) is 44.9 Å². The highest BCUT2D eigenvalue weighted by atomic mass is 16.4. The van der Waals surface area contributed by atoms with Gasteiger partial charge in [-0.2, -0.15) is 0 Å². The van der Waals surface area contributed by atoms with Crippen LogP contribution in [0.15, 0.2) is 0 Å². The Kier molecular flexibility index (Phi) is 2.84. The maximum absolute atomic E-state index is 13.1. The first-order chi connectivity index (χ1) is 16.4. The molecule has 0 aromatic rings. The summed E-state index contributed by atoms with van der Waals surface area (Å²) in [5.41, 5.74) is -2.99. The van der Waals surface area contributed by atoms with E-state index in [2.05, 4.69) is 17.1 Å². The lowest BCUT2D eigenvalue weighted by Crippen LogP contribution is -2.62. The first-order valence-electron chi connectivity index (χ1n) is 14.4. The van der Waals surface area contributed by atoms with E-state index in [0.717, 1.165) is 19.3 Å². The Morgan fingerprint density at radius 3 is 2.63 bits per heavy atom. The molecule has 2 unspecified atom stereocenters. The van der Waals surface area contributed by atoms with Crippen molar-refractivity contribution in [1.29, 1.82) is 0 Å². The SMILES string of the molecule is [2H]C([2H])([2H])C1(NC(=O)C2CCN(C3C[C@]4(CCN(C(=O)O)C4)C3CC)CC2)C([2H])([2H])C([2H])([2H])C1([2H])[2H]. The molecular formula is C21H35N3O3. The summed E-state index contributed by atoms with van der Waals surface area (Å²) < 4.78 is 71.6. The number of carbonyl (C=O) groups excluding carboxylic acids is 1. The molecule has 2 heterocycles. The van der Waals surface area contributed by atoms with Crippen LogP contribution in [0.1, 0.15) is 77.3 Å². The molecule has 0 bridgehead atoms. The van der Waals surface area contributed by atoms with E-state index in [4.69, 9.17) is 12.3 Å². The maximum Gasteiger partial charge on any atom is 0.407 e. The van der Waals surface area contributed by atoms with Gasteiger partial charge in [0.05, 0.1) is 0 Å². The minimum absolute atomic E-state index is 0.00146. The molecule has 1 spiro atoms. The molecule has 6 heteroatoms. The van der Waals surface area contributed by atoms with Gasteiger partial charge in [0, 0.05) is 42.9 Å². The molecule has 2 aliphatic heterocycles. The smallest absolute Gasteiger partial charge is 0.407 e. The van der Waals surface area contributed by atoms with Crippen molar-refractivity contribution >= 4 is 12.0 Å². The summed E-state index contributed by atoms with van der Waals surface area (Å²) in [5, 5.41) is 11.5. The molecule has 4 aliphatic rings. The first-order valence-corrected chi connectivity index (χ1v) is 9.94. The summed E-state index contributed by atoms with van der Waals surface area (Å²) in [7, 11) is 0. The number of hydrogen-bond donors (Lipinski definition) is 2. The van der Waals surface area contributed by atoms with Gasteiger partial charge >= 0.3 is 6.09 Å². The van der Waals surface area contributed by atoms with Crippen LogP contribution in [-0.4, -0.2) is 64.7 Å². The summed E-state index contributed by atoms with van der Waals surface area (Å²) in [5.74, 6) is -1.05. The highest BCUT2D eigenvalue weighted by Gasteiger charge is 2.58. The molecule has 2 N–H and O–H groups in total. The number of carboxylic acid groups (broad SMARTS) is 1. The van der Waals surface area contributed by atoms with Crippen molar-refractivity contribution < 1.29 is 27.0 Å². The Bertz CT molecular complexity index is 902. The zero-order valence-corrected chi connectivity index (χ0v) is 15.8. The quantitative estimate of drug-likeness (QED) is 0.779. The number of rotatable bonds is 4. The fourth-order valence-electron chi connectivity index (χ4n) is 5.60. The lowest BCUT2D eigenvalue weighted by molar-refractivity contribution is -0.131. The minimum atomic E-state index is -3.30. The van der Waals surface area contributed by atoms with Gasteiger partial charge in [-0.25, -0.2) is 4.79 Å². The average Bonchev–Trinajstić information content (AvgIpc) is 3.22. The van der Waals surface area contributed by atoms with Crippen LogP contribution in [0, 0.1) is 17.3 Å². The molecule has 2 saturated heterocycles. The van der Waals surface area contributed by atoms with Crippen LogP contribution in [0.5, 0.6) is 0 Å². The van der Waals surface area contributed by atoms with Gasteiger partial charge in [0.1, 0.15) is 0 Å². The van der Waals surface area contributed by atoms with Gasteiger partial charge < -0.3 is 20.2 Å². The summed E-state index contributed by atoms with van der Waals surface area (Å²) in [6.45, 7) is 1.03. The molecule has 4 rings (SSSR count). The Morgan fingerprint density at radius 1 is 1.30 bits per heavy atom. The highest BCUT2D eigenvalue weighted by Crippen LogP contribution is 2.56. The number of nitrogens with one attached hydrogen (secondary N) is 1. The monoisotopic (exact) mass is 386 g/mol. The third-order valence-electron chi connectivity index (χ3n) is 7.14. The van der Waals surface area contributed by atoms with E-state index < -0.39 is 49.4 Å². The van der Waals surface area contributed by atoms with Crippen LogP contribution >= 0.6 is 0 Å². The Morgan fingerprint density at radius 2 is 2.04 bits per heavy atom. The molecule has 3 atom stereocenters. The molecule has 2 saturated carbocycles. The average molecular weight is 387 g/mol. The van der Waals surface area contributed by atoms with E-state index in [1.54, 1.807) is 0 Å². The third-order valence-corrected chi connectivity index (χ3v) is 7.14. The Hall–Kier alpha value is -1.30. The Balaban J connectivity index is 1.41. The van der Waals surface area contributed by atoms with Gasteiger partial charge in [-0.1, -0.05) is 13.3 Å². The van der Waals surface area contributed by atoms with Crippen molar-refractivity contribution in [1.82, 2.24) is 15.1 Å². The van der Waals surface area contributed by atoms with Gasteiger partial charge in [0.25, 0.3) is 0 Å². The predicted octanol–water partition coefficient (Wildman–Crippen LogP) is 2.93. The minimum Gasteiger partial charge on any atom is -0.465 e. The maximum atomic E-state index is 13.1. The lowest BCUT2D eigenvalue weighted by atomic mass is 9.54. The zero-order valence-electron chi connectivity index (χ0n) is 24.8. The first kappa shape index (κ1) is 11.0. The van der Waals surface area contributed by atoms with Crippen molar-refractivity contribution in [2.24, 2.45) is 17.3 Å². The zero-order chi connectivity index (χ0) is 27.1. The number of carbonyl (C=O) groups is 2. The molecule has 6 nitrogen and oxygen atoms in total. The molecule has 152 valence electrons. The second-order valence-corrected chi connectivity index (χ2v) is 8.53. The number of amides is 2. The molecule has 4 fully saturated rings. The van der Waals surface area contributed by atoms with E-state index in [-0.39, 0.29) is 11.5 Å². The molecule has 2 amide bonds. The number of nitrogens with zero attached hydrogens (tertiary/aromatic N) is 2. The van der Waals surface area contributed by atoms with Gasteiger partial charge in [-0.3, -0.25) is 4.79 Å². The molecule has 2 aliphatic carbocycles. The number of hydrogen-bond acceptors (Lipinski definition) is 3.